The zero-order chi connectivity index (χ0) is 14.6. The number of hydrogen-bond donors (Lipinski definition) is 1. The molecule has 5 nitrogen and oxygen atoms in total. The molecule has 20 heavy (non-hydrogen) atoms. The topological polar surface area (TPSA) is 72.5 Å². The molecule has 1 aliphatic rings. The summed E-state index contributed by atoms with van der Waals surface area (Å²) >= 11 is 5.74. The summed E-state index contributed by atoms with van der Waals surface area (Å²) in [5.41, 5.74) is 0. The minimum Gasteiger partial charge on any atom is -0.484 e. The van der Waals surface area contributed by atoms with E-state index in [4.69, 9.17) is 16.3 Å². The highest BCUT2D eigenvalue weighted by Crippen LogP contribution is 2.17. The maximum atomic E-state index is 11.6. The van der Waals surface area contributed by atoms with Gasteiger partial charge in [-0.1, -0.05) is 11.6 Å². The number of rotatable bonds is 5. The van der Waals surface area contributed by atoms with Crippen molar-refractivity contribution in [3.8, 4) is 5.75 Å². The molecule has 1 fully saturated rings. The van der Waals surface area contributed by atoms with E-state index in [1.807, 2.05) is 0 Å². The van der Waals surface area contributed by atoms with E-state index in [2.05, 4.69) is 5.32 Å². The molecule has 2 rings (SSSR count). The molecule has 1 aromatic carbocycles. The van der Waals surface area contributed by atoms with Crippen LogP contribution in [-0.2, 0) is 14.6 Å². The average molecular weight is 318 g/mol. The van der Waals surface area contributed by atoms with Gasteiger partial charge in [0.15, 0.2) is 16.4 Å². The van der Waals surface area contributed by atoms with E-state index >= 15 is 0 Å². The Labute approximate surface area is 123 Å². The minimum atomic E-state index is -2.90. The Morgan fingerprint density at radius 3 is 2.65 bits per heavy atom. The standard InChI is InChI=1S/C13H16ClNO4S/c14-11-1-3-12(4-2-11)19-8-13(16)15-7-10-5-6-20(17,18)9-10/h1-4,10H,5-9H2,(H,15,16). The number of hydrogen-bond acceptors (Lipinski definition) is 4. The Balaban J connectivity index is 1.69. The van der Waals surface area contributed by atoms with E-state index in [0.29, 0.717) is 23.7 Å². The van der Waals surface area contributed by atoms with E-state index in [0.717, 1.165) is 0 Å². The van der Waals surface area contributed by atoms with Gasteiger partial charge in [0.1, 0.15) is 5.75 Å². The van der Waals surface area contributed by atoms with Gasteiger partial charge in [-0.15, -0.1) is 0 Å². The van der Waals surface area contributed by atoms with Gasteiger partial charge in [0.2, 0.25) is 0 Å². The largest absolute Gasteiger partial charge is 0.484 e. The normalized spacial score (nSPS) is 20.6. The summed E-state index contributed by atoms with van der Waals surface area (Å²) in [6, 6.07) is 6.72. The van der Waals surface area contributed by atoms with Crippen molar-refractivity contribution in [2.24, 2.45) is 5.92 Å². The van der Waals surface area contributed by atoms with Gasteiger partial charge in [0.25, 0.3) is 5.91 Å². The highest BCUT2D eigenvalue weighted by atomic mass is 35.5. The highest BCUT2D eigenvalue weighted by molar-refractivity contribution is 7.91. The lowest BCUT2D eigenvalue weighted by atomic mass is 10.1. The summed E-state index contributed by atoms with van der Waals surface area (Å²) in [5, 5.41) is 3.29. The van der Waals surface area contributed by atoms with Crippen LogP contribution in [0.3, 0.4) is 0 Å². The van der Waals surface area contributed by atoms with Crippen LogP contribution in [0.2, 0.25) is 5.02 Å². The van der Waals surface area contributed by atoms with Crippen molar-refractivity contribution in [1.82, 2.24) is 5.32 Å². The molecule has 1 amide bonds. The fourth-order valence-electron chi connectivity index (χ4n) is 2.02. The Morgan fingerprint density at radius 1 is 1.35 bits per heavy atom. The van der Waals surface area contributed by atoms with Gasteiger partial charge >= 0.3 is 0 Å². The van der Waals surface area contributed by atoms with Crippen molar-refractivity contribution in [3.05, 3.63) is 29.3 Å². The summed E-state index contributed by atoms with van der Waals surface area (Å²) in [7, 11) is -2.90. The zero-order valence-electron chi connectivity index (χ0n) is 10.8. The molecule has 0 saturated carbocycles. The van der Waals surface area contributed by atoms with Crippen molar-refractivity contribution >= 4 is 27.3 Å². The number of nitrogens with one attached hydrogen (secondary N) is 1. The van der Waals surface area contributed by atoms with Gasteiger partial charge in [-0.25, -0.2) is 8.42 Å². The number of benzene rings is 1. The van der Waals surface area contributed by atoms with E-state index in [1.165, 1.54) is 0 Å². The van der Waals surface area contributed by atoms with Crippen LogP contribution in [0.1, 0.15) is 6.42 Å². The Kier molecular flexibility index (Phi) is 4.88. The van der Waals surface area contributed by atoms with Gasteiger partial charge in [-0.05, 0) is 36.6 Å². The molecule has 7 heteroatoms. The second-order valence-electron chi connectivity index (χ2n) is 4.82. The number of halogens is 1. The van der Waals surface area contributed by atoms with Crippen molar-refractivity contribution in [3.63, 3.8) is 0 Å². The fraction of sp³-hybridized carbons (Fsp3) is 0.462. The van der Waals surface area contributed by atoms with Crippen molar-refractivity contribution < 1.29 is 17.9 Å². The maximum absolute atomic E-state index is 11.6. The van der Waals surface area contributed by atoms with Gasteiger partial charge in [-0.3, -0.25) is 4.79 Å². The van der Waals surface area contributed by atoms with Gasteiger partial charge < -0.3 is 10.1 Å². The summed E-state index contributed by atoms with van der Waals surface area (Å²) in [5.74, 6) is 0.692. The lowest BCUT2D eigenvalue weighted by Gasteiger charge is -2.10. The minimum absolute atomic E-state index is 0.0134. The number of carbonyl (C=O) groups is 1. The lowest BCUT2D eigenvalue weighted by Crippen LogP contribution is -2.33. The highest BCUT2D eigenvalue weighted by Gasteiger charge is 2.27. The smallest absolute Gasteiger partial charge is 0.257 e. The summed E-state index contributed by atoms with van der Waals surface area (Å²) in [6.45, 7) is 0.281. The first kappa shape index (κ1) is 15.1. The first-order chi connectivity index (χ1) is 9.44. The predicted molar refractivity (Wildman–Crippen MR) is 76.7 cm³/mol. The second-order valence-corrected chi connectivity index (χ2v) is 7.48. The summed E-state index contributed by atoms with van der Waals surface area (Å²) < 4.78 is 27.8. The molecule has 0 spiro atoms. The van der Waals surface area contributed by atoms with Crippen LogP contribution >= 0.6 is 11.6 Å². The van der Waals surface area contributed by atoms with Crippen LogP contribution in [0.15, 0.2) is 24.3 Å². The van der Waals surface area contributed by atoms with Gasteiger partial charge in [0, 0.05) is 11.6 Å². The first-order valence-corrected chi connectivity index (χ1v) is 8.50. The molecule has 0 bridgehead atoms. The Bertz CT molecular complexity index is 571. The fourth-order valence-corrected chi connectivity index (χ4v) is 4.01. The van der Waals surface area contributed by atoms with E-state index < -0.39 is 9.84 Å². The first-order valence-electron chi connectivity index (χ1n) is 6.30. The Morgan fingerprint density at radius 2 is 2.05 bits per heavy atom. The quantitative estimate of drug-likeness (QED) is 0.887. The molecule has 1 aromatic rings. The van der Waals surface area contributed by atoms with Gasteiger partial charge in [0.05, 0.1) is 11.5 Å². The molecule has 1 atom stereocenters. The molecule has 110 valence electrons. The Hall–Kier alpha value is -1.27. The number of carbonyl (C=O) groups excluding carboxylic acids is 1. The van der Waals surface area contributed by atoms with Crippen LogP contribution in [-0.4, -0.2) is 39.0 Å². The van der Waals surface area contributed by atoms with Crippen molar-refractivity contribution in [2.45, 2.75) is 6.42 Å². The molecule has 1 saturated heterocycles. The molecule has 0 radical (unpaired) electrons. The zero-order valence-corrected chi connectivity index (χ0v) is 12.4. The maximum Gasteiger partial charge on any atom is 0.257 e. The molecular weight excluding hydrogens is 302 g/mol. The predicted octanol–water partition coefficient (Wildman–Crippen LogP) is 1.27. The van der Waals surface area contributed by atoms with Crippen LogP contribution in [0.5, 0.6) is 5.75 Å². The molecule has 0 aromatic heterocycles. The molecule has 1 heterocycles. The van der Waals surface area contributed by atoms with Crippen LogP contribution < -0.4 is 10.1 Å². The number of amides is 1. The van der Waals surface area contributed by atoms with E-state index in [9.17, 15) is 13.2 Å². The van der Waals surface area contributed by atoms with E-state index in [1.54, 1.807) is 24.3 Å². The van der Waals surface area contributed by atoms with Crippen LogP contribution in [0, 0.1) is 5.92 Å². The van der Waals surface area contributed by atoms with Crippen molar-refractivity contribution in [2.75, 3.05) is 24.7 Å². The SMILES string of the molecule is O=C(COc1ccc(Cl)cc1)NCC1CCS(=O)(=O)C1. The molecular formula is C13H16ClNO4S. The molecule has 1 N–H and O–H groups in total. The molecule has 1 aliphatic heterocycles. The second kappa shape index (κ2) is 6.45. The lowest BCUT2D eigenvalue weighted by molar-refractivity contribution is -0.123. The third-order valence-corrected chi connectivity index (χ3v) is 5.19. The third-order valence-electron chi connectivity index (χ3n) is 3.10. The monoisotopic (exact) mass is 317 g/mol. The summed E-state index contributed by atoms with van der Waals surface area (Å²) in [4.78, 5) is 11.6. The van der Waals surface area contributed by atoms with Gasteiger partial charge in [-0.2, -0.15) is 0 Å². The number of sulfone groups is 1. The molecule has 1 unspecified atom stereocenters. The third kappa shape index (κ3) is 4.68. The van der Waals surface area contributed by atoms with E-state index in [-0.39, 0.29) is 29.9 Å². The van der Waals surface area contributed by atoms with Crippen molar-refractivity contribution in [1.29, 1.82) is 0 Å². The molecule has 0 aliphatic carbocycles. The average Bonchev–Trinajstić information content (AvgIpc) is 2.75. The van der Waals surface area contributed by atoms with Crippen LogP contribution in [0.25, 0.3) is 0 Å². The number of ether oxygens (including phenoxy) is 1. The summed E-state index contributed by atoms with van der Waals surface area (Å²) in [6.07, 6.45) is 0.612. The van der Waals surface area contributed by atoms with Crippen LogP contribution in [0.4, 0.5) is 0 Å².